The van der Waals surface area contributed by atoms with Crippen LogP contribution in [-0.2, 0) is 23.5 Å². The second-order valence-electron chi connectivity index (χ2n) is 7.19. The molecule has 1 aliphatic rings. The molecule has 7 nitrogen and oxygen atoms in total. The summed E-state index contributed by atoms with van der Waals surface area (Å²) in [6.07, 6.45) is 0.282. The third kappa shape index (κ3) is 4.71. The summed E-state index contributed by atoms with van der Waals surface area (Å²) in [7, 11) is 0. The molecule has 2 heterocycles. The number of hydrogen-bond acceptors (Lipinski definition) is 6. The summed E-state index contributed by atoms with van der Waals surface area (Å²) >= 11 is 1.46. The zero-order chi connectivity index (χ0) is 20.9. The number of benzene rings is 2. The van der Waals surface area contributed by atoms with Gasteiger partial charge in [-0.3, -0.25) is 9.69 Å². The van der Waals surface area contributed by atoms with E-state index in [-0.39, 0.29) is 30.9 Å². The lowest BCUT2D eigenvalue weighted by Gasteiger charge is -2.35. The van der Waals surface area contributed by atoms with Crippen LogP contribution in [0.3, 0.4) is 0 Å². The average molecular weight is 423 g/mol. The fourth-order valence-electron chi connectivity index (χ4n) is 3.35. The maximum atomic E-state index is 13.0. The maximum Gasteiger partial charge on any atom is 0.324 e. The van der Waals surface area contributed by atoms with Crippen LogP contribution in [-0.4, -0.2) is 33.1 Å². The summed E-state index contributed by atoms with van der Waals surface area (Å²) in [5, 5.41) is 11.5. The van der Waals surface area contributed by atoms with Crippen molar-refractivity contribution < 1.29 is 14.0 Å². The van der Waals surface area contributed by atoms with Gasteiger partial charge in [-0.05, 0) is 18.1 Å². The highest BCUT2D eigenvalue weighted by atomic mass is 32.2. The Balaban J connectivity index is 1.41. The van der Waals surface area contributed by atoms with Crippen LogP contribution in [0.15, 0.2) is 70.3 Å². The summed E-state index contributed by atoms with van der Waals surface area (Å²) in [6.45, 7) is 2.05. The summed E-state index contributed by atoms with van der Waals surface area (Å²) in [5.41, 5.74) is 2.06. The highest BCUT2D eigenvalue weighted by Gasteiger charge is 2.39. The van der Waals surface area contributed by atoms with Crippen LogP contribution in [0.5, 0.6) is 0 Å². The zero-order valence-corrected chi connectivity index (χ0v) is 17.3. The zero-order valence-electron chi connectivity index (χ0n) is 16.5. The molecule has 1 fully saturated rings. The average Bonchev–Trinajstić information content (AvgIpc) is 3.22. The first-order chi connectivity index (χ1) is 14.6. The molecule has 4 rings (SSSR count). The summed E-state index contributed by atoms with van der Waals surface area (Å²) in [6, 6.07) is 18.8. The molecule has 1 saturated heterocycles. The minimum absolute atomic E-state index is 0.230. The van der Waals surface area contributed by atoms with Gasteiger partial charge in [0.15, 0.2) is 0 Å². The van der Waals surface area contributed by atoms with E-state index in [0.29, 0.717) is 11.1 Å². The van der Waals surface area contributed by atoms with Crippen LogP contribution in [0, 0.1) is 5.92 Å². The molecular weight excluding hydrogens is 400 g/mol. The van der Waals surface area contributed by atoms with Crippen LogP contribution in [0.4, 0.5) is 4.79 Å². The Labute approximate surface area is 178 Å². The highest BCUT2D eigenvalue weighted by molar-refractivity contribution is 7.98. The minimum Gasteiger partial charge on any atom is -0.416 e. The highest BCUT2D eigenvalue weighted by Crippen LogP contribution is 2.25. The SMILES string of the molecule is CC1NC(=O)N(Cc2ccccc2)C(=O)C1Cc1nnc(SCc2ccccc2)o1. The van der Waals surface area contributed by atoms with Crippen molar-refractivity contribution in [2.45, 2.75) is 36.9 Å². The smallest absolute Gasteiger partial charge is 0.324 e. The molecule has 2 aromatic carbocycles. The van der Waals surface area contributed by atoms with Gasteiger partial charge in [-0.15, -0.1) is 10.2 Å². The third-order valence-corrected chi connectivity index (χ3v) is 5.90. The fourth-order valence-corrected chi connectivity index (χ4v) is 4.09. The van der Waals surface area contributed by atoms with Gasteiger partial charge < -0.3 is 9.73 Å². The van der Waals surface area contributed by atoms with E-state index in [1.807, 2.05) is 67.6 Å². The number of hydrogen-bond donors (Lipinski definition) is 1. The van der Waals surface area contributed by atoms with E-state index in [0.717, 1.165) is 16.9 Å². The number of amides is 3. The van der Waals surface area contributed by atoms with Crippen LogP contribution in [0.1, 0.15) is 23.9 Å². The van der Waals surface area contributed by atoms with Crippen molar-refractivity contribution >= 4 is 23.7 Å². The molecule has 2 unspecified atom stereocenters. The molecule has 1 N–H and O–H groups in total. The number of thioether (sulfide) groups is 1. The Bertz CT molecular complexity index is 1010. The molecule has 2 atom stereocenters. The molecule has 154 valence electrons. The monoisotopic (exact) mass is 422 g/mol. The Morgan fingerprint density at radius 3 is 2.37 bits per heavy atom. The van der Waals surface area contributed by atoms with Gasteiger partial charge in [-0.2, -0.15) is 0 Å². The van der Waals surface area contributed by atoms with Crippen molar-refractivity contribution in [3.63, 3.8) is 0 Å². The van der Waals surface area contributed by atoms with E-state index >= 15 is 0 Å². The molecular formula is C22H22N4O3S. The Morgan fingerprint density at radius 2 is 1.67 bits per heavy atom. The lowest BCUT2D eigenvalue weighted by atomic mass is 9.93. The molecule has 3 amide bonds. The van der Waals surface area contributed by atoms with Crippen molar-refractivity contribution in [3.8, 4) is 0 Å². The van der Waals surface area contributed by atoms with Crippen molar-refractivity contribution in [2.75, 3.05) is 0 Å². The molecule has 0 spiro atoms. The second kappa shape index (κ2) is 9.13. The van der Waals surface area contributed by atoms with Crippen LogP contribution in [0.2, 0.25) is 0 Å². The second-order valence-corrected chi connectivity index (χ2v) is 8.12. The molecule has 0 saturated carbocycles. The number of carbonyl (C=O) groups excluding carboxylic acids is 2. The van der Waals surface area contributed by atoms with E-state index in [2.05, 4.69) is 15.5 Å². The van der Waals surface area contributed by atoms with Gasteiger partial charge in [0.05, 0.1) is 12.5 Å². The van der Waals surface area contributed by atoms with E-state index in [1.165, 1.54) is 16.7 Å². The Kier molecular flexibility index (Phi) is 6.13. The van der Waals surface area contributed by atoms with Crippen molar-refractivity contribution in [3.05, 3.63) is 77.7 Å². The molecule has 1 aromatic heterocycles. The number of rotatable bonds is 7. The molecule has 8 heteroatoms. The predicted molar refractivity (Wildman–Crippen MR) is 112 cm³/mol. The van der Waals surface area contributed by atoms with Crippen LogP contribution >= 0.6 is 11.8 Å². The molecule has 0 bridgehead atoms. The van der Waals surface area contributed by atoms with E-state index in [4.69, 9.17) is 4.42 Å². The summed E-state index contributed by atoms with van der Waals surface area (Å²) in [4.78, 5) is 26.7. The summed E-state index contributed by atoms with van der Waals surface area (Å²) < 4.78 is 5.74. The quantitative estimate of drug-likeness (QED) is 0.585. The van der Waals surface area contributed by atoms with Gasteiger partial charge in [0.25, 0.3) is 5.22 Å². The first-order valence-electron chi connectivity index (χ1n) is 9.75. The van der Waals surface area contributed by atoms with Gasteiger partial charge in [-0.25, -0.2) is 4.79 Å². The normalized spacial score (nSPS) is 19.0. The van der Waals surface area contributed by atoms with Crippen LogP contribution in [0.25, 0.3) is 0 Å². The molecule has 0 aliphatic carbocycles. The topological polar surface area (TPSA) is 88.3 Å². The number of nitrogens with zero attached hydrogens (tertiary/aromatic N) is 3. The Morgan fingerprint density at radius 1 is 1.00 bits per heavy atom. The van der Waals surface area contributed by atoms with Gasteiger partial charge in [0.1, 0.15) is 0 Å². The van der Waals surface area contributed by atoms with Gasteiger partial charge in [0.2, 0.25) is 11.8 Å². The van der Waals surface area contributed by atoms with E-state index in [1.54, 1.807) is 0 Å². The first kappa shape index (κ1) is 20.2. The Hall–Kier alpha value is -3.13. The standard InChI is InChI=1S/C22H22N4O3S/c1-15-18(20(27)26(21(28)23-15)13-16-8-4-2-5-9-16)12-19-24-25-22(29-19)30-14-17-10-6-3-7-11-17/h2-11,15,18H,12-14H2,1H3,(H,23,28). The van der Waals surface area contributed by atoms with Crippen molar-refractivity contribution in [1.82, 2.24) is 20.4 Å². The number of urea groups is 1. The van der Waals surface area contributed by atoms with Crippen molar-refractivity contribution in [1.29, 1.82) is 0 Å². The summed E-state index contributed by atoms with van der Waals surface area (Å²) in [5.74, 6) is 0.430. The molecule has 30 heavy (non-hydrogen) atoms. The number of imide groups is 1. The lowest BCUT2D eigenvalue weighted by Crippen LogP contribution is -2.59. The van der Waals surface area contributed by atoms with Gasteiger partial charge >= 0.3 is 6.03 Å². The van der Waals surface area contributed by atoms with Crippen LogP contribution < -0.4 is 5.32 Å². The lowest BCUT2D eigenvalue weighted by molar-refractivity contribution is -0.135. The third-order valence-electron chi connectivity index (χ3n) is 5.01. The molecule has 3 aromatic rings. The molecule has 1 aliphatic heterocycles. The largest absolute Gasteiger partial charge is 0.416 e. The number of aromatic nitrogens is 2. The number of carbonyl (C=O) groups is 2. The first-order valence-corrected chi connectivity index (χ1v) is 10.7. The van der Waals surface area contributed by atoms with E-state index < -0.39 is 5.92 Å². The van der Waals surface area contributed by atoms with E-state index in [9.17, 15) is 9.59 Å². The predicted octanol–water partition coefficient (Wildman–Crippen LogP) is 3.66. The van der Waals surface area contributed by atoms with Gasteiger partial charge in [0, 0.05) is 18.2 Å². The van der Waals surface area contributed by atoms with Crippen molar-refractivity contribution in [2.24, 2.45) is 5.92 Å². The fraction of sp³-hybridized carbons (Fsp3) is 0.273. The number of nitrogens with one attached hydrogen (secondary N) is 1. The minimum atomic E-state index is -0.459. The van der Waals surface area contributed by atoms with Gasteiger partial charge in [-0.1, -0.05) is 72.4 Å². The molecule has 0 radical (unpaired) electrons. The maximum absolute atomic E-state index is 13.0.